The number of benzene rings is 1. The molecule has 0 saturated carbocycles. The monoisotopic (exact) mass is 250 g/mol. The molecule has 2 aromatic rings. The molecule has 0 bridgehead atoms. The molecule has 0 saturated heterocycles. The number of aromatic nitrogens is 1. The Morgan fingerprint density at radius 1 is 1.17 bits per heavy atom. The smallest absolute Gasteiger partial charge is 0.132 e. The van der Waals surface area contributed by atoms with E-state index >= 15 is 0 Å². The number of nitrogens with zero attached hydrogens (tertiary/aromatic N) is 1. The zero-order valence-electron chi connectivity index (χ0n) is 9.69. The lowest BCUT2D eigenvalue weighted by atomic mass is 9.97. The molecule has 1 unspecified atom stereocenters. The molecule has 94 valence electrons. The molecule has 0 aliphatic carbocycles. The second-order valence-corrected chi connectivity index (χ2v) is 3.96. The molecular formula is C13H12F2N2O. The summed E-state index contributed by atoms with van der Waals surface area (Å²) in [7, 11) is 0. The van der Waals surface area contributed by atoms with Crippen molar-refractivity contribution < 1.29 is 13.9 Å². The average Bonchev–Trinajstić information content (AvgIpc) is 2.28. The summed E-state index contributed by atoms with van der Waals surface area (Å²) in [6.07, 6.45) is -0.00149. The number of aliphatic hydroxyl groups is 1. The third-order valence-corrected chi connectivity index (χ3v) is 2.79. The van der Waals surface area contributed by atoms with Gasteiger partial charge in [-0.3, -0.25) is 0 Å². The number of hydrogen-bond acceptors (Lipinski definition) is 3. The number of nitrogen functional groups attached to an aromatic ring is 1. The van der Waals surface area contributed by atoms with Crippen molar-refractivity contribution in [3.8, 4) is 0 Å². The van der Waals surface area contributed by atoms with Crippen LogP contribution in [0.2, 0.25) is 0 Å². The van der Waals surface area contributed by atoms with Crippen molar-refractivity contribution in [3.63, 3.8) is 0 Å². The van der Waals surface area contributed by atoms with E-state index in [1.165, 1.54) is 12.3 Å². The zero-order chi connectivity index (χ0) is 13.3. The lowest BCUT2D eigenvalue weighted by molar-refractivity contribution is 0.208. The van der Waals surface area contributed by atoms with Gasteiger partial charge in [-0.25, -0.2) is 13.8 Å². The highest BCUT2D eigenvalue weighted by Crippen LogP contribution is 2.31. The number of halogens is 2. The van der Waals surface area contributed by atoms with Crippen LogP contribution in [0.4, 0.5) is 14.6 Å². The highest BCUT2D eigenvalue weighted by molar-refractivity contribution is 5.49. The second-order valence-electron chi connectivity index (χ2n) is 3.96. The number of pyridine rings is 1. The van der Waals surface area contributed by atoms with Crippen molar-refractivity contribution >= 4 is 5.82 Å². The summed E-state index contributed by atoms with van der Waals surface area (Å²) in [5.74, 6) is -1.57. The Balaban J connectivity index is 2.58. The first kappa shape index (κ1) is 12.4. The van der Waals surface area contributed by atoms with Crippen molar-refractivity contribution in [1.82, 2.24) is 4.98 Å². The minimum absolute atomic E-state index is 0.0603. The van der Waals surface area contributed by atoms with Crippen LogP contribution in [0.5, 0.6) is 0 Å². The maximum absolute atomic E-state index is 13.6. The van der Waals surface area contributed by atoms with E-state index in [0.717, 1.165) is 12.1 Å². The molecular weight excluding hydrogens is 238 g/mol. The van der Waals surface area contributed by atoms with Crippen LogP contribution in [0.25, 0.3) is 0 Å². The summed E-state index contributed by atoms with van der Waals surface area (Å²) in [5.41, 5.74) is 6.07. The molecule has 1 aromatic carbocycles. The largest absolute Gasteiger partial charge is 0.383 e. The van der Waals surface area contributed by atoms with E-state index < -0.39 is 23.3 Å². The van der Waals surface area contributed by atoms with Crippen molar-refractivity contribution in [3.05, 3.63) is 58.8 Å². The first-order valence-electron chi connectivity index (χ1n) is 5.35. The predicted octanol–water partition coefficient (Wildman–Crippen LogP) is 2.33. The highest BCUT2D eigenvalue weighted by atomic mass is 19.1. The SMILES string of the molecule is Cc1ccnc(N)c1C(O)c1c(F)cccc1F. The standard InChI is InChI=1S/C13H12F2N2O/c1-7-5-6-17-13(16)10(7)12(18)11-8(14)3-2-4-9(11)15/h2-6,12,18H,1H3,(H2,16,17). The highest BCUT2D eigenvalue weighted by Gasteiger charge is 2.23. The fraction of sp³-hybridized carbons (Fsp3) is 0.154. The maximum atomic E-state index is 13.6. The van der Waals surface area contributed by atoms with Gasteiger partial charge in [0.05, 0.1) is 5.56 Å². The first-order chi connectivity index (χ1) is 8.52. The molecule has 1 atom stereocenters. The molecule has 3 nitrogen and oxygen atoms in total. The minimum atomic E-state index is -1.47. The van der Waals surface area contributed by atoms with Gasteiger partial charge in [-0.15, -0.1) is 0 Å². The molecule has 0 radical (unpaired) electrons. The van der Waals surface area contributed by atoms with Crippen molar-refractivity contribution in [2.24, 2.45) is 0 Å². The van der Waals surface area contributed by atoms with Gasteiger partial charge in [0.25, 0.3) is 0 Å². The van der Waals surface area contributed by atoms with Crippen LogP contribution in [0.1, 0.15) is 22.8 Å². The van der Waals surface area contributed by atoms with Gasteiger partial charge in [-0.2, -0.15) is 0 Å². The van der Waals surface area contributed by atoms with Gasteiger partial charge in [0.1, 0.15) is 23.6 Å². The number of aliphatic hydroxyl groups excluding tert-OH is 1. The van der Waals surface area contributed by atoms with Crippen LogP contribution < -0.4 is 5.73 Å². The second kappa shape index (κ2) is 4.70. The number of nitrogens with two attached hydrogens (primary N) is 1. The van der Waals surface area contributed by atoms with Crippen LogP contribution >= 0.6 is 0 Å². The van der Waals surface area contributed by atoms with Gasteiger partial charge in [0.2, 0.25) is 0 Å². The molecule has 0 aliphatic rings. The Morgan fingerprint density at radius 2 is 1.78 bits per heavy atom. The average molecular weight is 250 g/mol. The summed E-state index contributed by atoms with van der Waals surface area (Å²) in [6.45, 7) is 1.69. The summed E-state index contributed by atoms with van der Waals surface area (Å²) < 4.78 is 27.2. The number of hydrogen-bond donors (Lipinski definition) is 2. The first-order valence-corrected chi connectivity index (χ1v) is 5.35. The van der Waals surface area contributed by atoms with E-state index in [4.69, 9.17) is 5.73 Å². The Morgan fingerprint density at radius 3 is 2.33 bits per heavy atom. The van der Waals surface area contributed by atoms with Crippen LogP contribution in [0.15, 0.2) is 30.5 Å². The van der Waals surface area contributed by atoms with E-state index in [1.54, 1.807) is 13.0 Å². The normalized spacial score (nSPS) is 12.4. The van der Waals surface area contributed by atoms with Gasteiger partial charge in [0.15, 0.2) is 0 Å². The van der Waals surface area contributed by atoms with Gasteiger partial charge in [-0.05, 0) is 30.7 Å². The molecule has 0 spiro atoms. The summed E-state index contributed by atoms with van der Waals surface area (Å²) in [4.78, 5) is 3.82. The molecule has 3 N–H and O–H groups in total. The Kier molecular flexibility index (Phi) is 3.25. The third kappa shape index (κ3) is 2.04. The van der Waals surface area contributed by atoms with Gasteiger partial charge < -0.3 is 10.8 Å². The minimum Gasteiger partial charge on any atom is -0.383 e. The third-order valence-electron chi connectivity index (χ3n) is 2.79. The van der Waals surface area contributed by atoms with Gasteiger partial charge in [0, 0.05) is 11.8 Å². The Bertz CT molecular complexity index is 495. The van der Waals surface area contributed by atoms with Crippen molar-refractivity contribution in [2.45, 2.75) is 13.0 Å². The van der Waals surface area contributed by atoms with Crippen LogP contribution in [0, 0.1) is 18.6 Å². The van der Waals surface area contributed by atoms with E-state index in [9.17, 15) is 13.9 Å². The maximum Gasteiger partial charge on any atom is 0.132 e. The van der Waals surface area contributed by atoms with Crippen LogP contribution in [-0.2, 0) is 0 Å². The molecule has 5 heteroatoms. The fourth-order valence-corrected chi connectivity index (χ4v) is 1.86. The molecule has 18 heavy (non-hydrogen) atoms. The van der Waals surface area contributed by atoms with E-state index in [-0.39, 0.29) is 11.4 Å². The van der Waals surface area contributed by atoms with Crippen molar-refractivity contribution in [1.29, 1.82) is 0 Å². The molecule has 0 aliphatic heterocycles. The summed E-state index contributed by atoms with van der Waals surface area (Å²) >= 11 is 0. The Labute approximate surface area is 103 Å². The van der Waals surface area contributed by atoms with Gasteiger partial charge in [-0.1, -0.05) is 6.07 Å². The summed E-state index contributed by atoms with van der Waals surface area (Å²) in [5, 5.41) is 10.1. The molecule has 0 amide bonds. The molecule has 0 fully saturated rings. The lowest BCUT2D eigenvalue weighted by Gasteiger charge is -2.16. The molecule has 2 rings (SSSR count). The lowest BCUT2D eigenvalue weighted by Crippen LogP contribution is -2.11. The molecule has 1 heterocycles. The van der Waals surface area contributed by atoms with Crippen LogP contribution in [-0.4, -0.2) is 10.1 Å². The van der Waals surface area contributed by atoms with Gasteiger partial charge >= 0.3 is 0 Å². The number of anilines is 1. The fourth-order valence-electron chi connectivity index (χ4n) is 1.86. The number of rotatable bonds is 2. The molecule has 1 aromatic heterocycles. The van der Waals surface area contributed by atoms with E-state index in [1.807, 2.05) is 0 Å². The van der Waals surface area contributed by atoms with E-state index in [2.05, 4.69) is 4.98 Å². The summed E-state index contributed by atoms with van der Waals surface area (Å²) in [6, 6.07) is 5.03. The number of aryl methyl sites for hydroxylation is 1. The quantitative estimate of drug-likeness (QED) is 0.860. The van der Waals surface area contributed by atoms with Crippen molar-refractivity contribution in [2.75, 3.05) is 5.73 Å². The Hall–Kier alpha value is -2.01. The van der Waals surface area contributed by atoms with E-state index in [0.29, 0.717) is 5.56 Å². The zero-order valence-corrected chi connectivity index (χ0v) is 9.69. The topological polar surface area (TPSA) is 59.1 Å². The predicted molar refractivity (Wildman–Crippen MR) is 63.8 cm³/mol. The van der Waals surface area contributed by atoms with Crippen LogP contribution in [0.3, 0.4) is 0 Å².